The molecule has 0 radical (unpaired) electrons. The summed E-state index contributed by atoms with van der Waals surface area (Å²) in [6.07, 6.45) is 3.78. The van der Waals surface area contributed by atoms with Crippen molar-refractivity contribution in [3.63, 3.8) is 0 Å². The monoisotopic (exact) mass is 273 g/mol. The zero-order chi connectivity index (χ0) is 14.5. The van der Waals surface area contributed by atoms with Crippen LogP contribution in [0.25, 0.3) is 0 Å². The molecular weight excluding hydrogens is 254 g/mol. The predicted molar refractivity (Wildman–Crippen MR) is 76.1 cm³/mol. The summed E-state index contributed by atoms with van der Waals surface area (Å²) < 4.78 is 0. The van der Waals surface area contributed by atoms with E-state index in [4.69, 9.17) is 5.11 Å². The van der Waals surface area contributed by atoms with Crippen LogP contribution in [0.15, 0.2) is 12.1 Å². The summed E-state index contributed by atoms with van der Waals surface area (Å²) in [6.45, 7) is 3.74. The van der Waals surface area contributed by atoms with Crippen LogP contribution in [0.5, 0.6) is 0 Å². The quantitative estimate of drug-likeness (QED) is 0.901. The van der Waals surface area contributed by atoms with Gasteiger partial charge in [0.1, 0.15) is 6.54 Å². The van der Waals surface area contributed by atoms with Gasteiger partial charge >= 0.3 is 5.97 Å². The molecule has 0 unspecified atom stereocenters. The molecule has 0 aromatic heterocycles. The molecule has 4 heteroatoms. The summed E-state index contributed by atoms with van der Waals surface area (Å²) in [6, 6.07) is 4.02. The molecule has 1 saturated carbocycles. The third kappa shape index (κ3) is 1.60. The van der Waals surface area contributed by atoms with Gasteiger partial charge < -0.3 is 5.11 Å². The highest BCUT2D eigenvalue weighted by Gasteiger charge is 2.53. The Morgan fingerprint density at radius 3 is 2.45 bits per heavy atom. The molecule has 0 atom stereocenters. The number of rotatable bonds is 2. The van der Waals surface area contributed by atoms with Gasteiger partial charge in [0.15, 0.2) is 0 Å². The van der Waals surface area contributed by atoms with Crippen molar-refractivity contribution in [3.05, 3.63) is 28.8 Å². The Morgan fingerprint density at radius 2 is 1.85 bits per heavy atom. The number of aryl methyl sites for hydroxylation is 2. The lowest BCUT2D eigenvalue weighted by Gasteiger charge is -2.23. The molecule has 106 valence electrons. The van der Waals surface area contributed by atoms with E-state index in [-0.39, 0.29) is 12.5 Å². The molecular formula is C16H19NO3. The van der Waals surface area contributed by atoms with Gasteiger partial charge in [-0.1, -0.05) is 25.0 Å². The SMILES string of the molecule is Cc1ccc(C)c2c1N(CC(=O)O)C(=O)C21CCCC1. The first kappa shape index (κ1) is 13.2. The predicted octanol–water partition coefficient (Wildman–Crippen LogP) is 2.55. The van der Waals surface area contributed by atoms with Gasteiger partial charge in [0.2, 0.25) is 5.91 Å². The zero-order valence-electron chi connectivity index (χ0n) is 11.9. The maximum Gasteiger partial charge on any atom is 0.323 e. The van der Waals surface area contributed by atoms with Gasteiger partial charge in [-0.3, -0.25) is 14.5 Å². The van der Waals surface area contributed by atoms with Crippen molar-refractivity contribution in [2.45, 2.75) is 44.9 Å². The number of aliphatic carboxylic acids is 1. The molecule has 1 aromatic carbocycles. The molecule has 1 amide bonds. The third-order valence-electron chi connectivity index (χ3n) is 4.74. The number of anilines is 1. The largest absolute Gasteiger partial charge is 0.480 e. The van der Waals surface area contributed by atoms with E-state index in [0.717, 1.165) is 48.1 Å². The molecule has 1 spiro atoms. The Balaban J connectivity index is 2.23. The number of fused-ring (bicyclic) bond motifs is 2. The number of hydrogen-bond donors (Lipinski definition) is 1. The molecule has 1 aromatic rings. The molecule has 4 nitrogen and oxygen atoms in total. The minimum absolute atomic E-state index is 0.00944. The topological polar surface area (TPSA) is 57.6 Å². The summed E-state index contributed by atoms with van der Waals surface area (Å²) >= 11 is 0. The maximum absolute atomic E-state index is 12.9. The molecule has 1 heterocycles. The first-order valence-electron chi connectivity index (χ1n) is 7.12. The van der Waals surface area contributed by atoms with Crippen LogP contribution in [0.1, 0.15) is 42.4 Å². The van der Waals surface area contributed by atoms with Crippen LogP contribution < -0.4 is 4.90 Å². The molecule has 20 heavy (non-hydrogen) atoms. The van der Waals surface area contributed by atoms with Gasteiger partial charge in [-0.05, 0) is 43.4 Å². The molecule has 1 N–H and O–H groups in total. The number of nitrogens with zero attached hydrogens (tertiary/aromatic N) is 1. The number of hydrogen-bond acceptors (Lipinski definition) is 2. The van der Waals surface area contributed by atoms with Crippen LogP contribution in [-0.2, 0) is 15.0 Å². The summed E-state index contributed by atoms with van der Waals surface area (Å²) in [7, 11) is 0. The average molecular weight is 273 g/mol. The van der Waals surface area contributed by atoms with E-state index in [1.165, 1.54) is 4.90 Å². The van der Waals surface area contributed by atoms with E-state index in [9.17, 15) is 9.59 Å². The lowest BCUT2D eigenvalue weighted by molar-refractivity contribution is -0.137. The number of carbonyl (C=O) groups is 2. The number of benzene rings is 1. The van der Waals surface area contributed by atoms with Gasteiger partial charge in [-0.25, -0.2) is 0 Å². The van der Waals surface area contributed by atoms with E-state index < -0.39 is 11.4 Å². The highest BCUT2D eigenvalue weighted by molar-refractivity contribution is 6.11. The number of carboxylic acid groups (broad SMARTS) is 1. The molecule has 3 rings (SSSR count). The van der Waals surface area contributed by atoms with E-state index >= 15 is 0 Å². The van der Waals surface area contributed by atoms with Crippen molar-refractivity contribution in [2.24, 2.45) is 0 Å². The Bertz CT molecular complexity index is 600. The van der Waals surface area contributed by atoms with E-state index in [2.05, 4.69) is 0 Å². The van der Waals surface area contributed by atoms with E-state index in [1.54, 1.807) is 0 Å². The third-order valence-corrected chi connectivity index (χ3v) is 4.74. The highest BCUT2D eigenvalue weighted by atomic mass is 16.4. The van der Waals surface area contributed by atoms with Crippen LogP contribution in [0, 0.1) is 13.8 Å². The lowest BCUT2D eigenvalue weighted by Crippen LogP contribution is -2.41. The Labute approximate surface area is 118 Å². The smallest absolute Gasteiger partial charge is 0.323 e. The minimum Gasteiger partial charge on any atom is -0.480 e. The fourth-order valence-electron chi connectivity index (χ4n) is 3.94. The Morgan fingerprint density at radius 1 is 1.25 bits per heavy atom. The van der Waals surface area contributed by atoms with Crippen LogP contribution in [-0.4, -0.2) is 23.5 Å². The first-order valence-corrected chi connectivity index (χ1v) is 7.12. The van der Waals surface area contributed by atoms with Crippen molar-refractivity contribution in [1.29, 1.82) is 0 Å². The van der Waals surface area contributed by atoms with Gasteiger partial charge in [-0.2, -0.15) is 0 Å². The molecule has 0 saturated heterocycles. The van der Waals surface area contributed by atoms with Crippen LogP contribution in [0.3, 0.4) is 0 Å². The summed E-state index contributed by atoms with van der Waals surface area (Å²) in [5, 5.41) is 9.11. The second kappa shape index (κ2) is 4.33. The molecule has 1 fully saturated rings. The first-order chi connectivity index (χ1) is 9.47. The van der Waals surface area contributed by atoms with Crippen molar-refractivity contribution in [3.8, 4) is 0 Å². The van der Waals surface area contributed by atoms with Gasteiger partial charge in [-0.15, -0.1) is 0 Å². The molecule has 2 aliphatic rings. The summed E-state index contributed by atoms with van der Waals surface area (Å²) in [4.78, 5) is 25.5. The normalized spacial score (nSPS) is 19.7. The fourth-order valence-corrected chi connectivity index (χ4v) is 3.94. The average Bonchev–Trinajstić information content (AvgIpc) is 2.95. The van der Waals surface area contributed by atoms with Gasteiger partial charge in [0.25, 0.3) is 0 Å². The second-order valence-electron chi connectivity index (χ2n) is 6.00. The Kier molecular flexibility index (Phi) is 2.85. The second-order valence-corrected chi connectivity index (χ2v) is 6.00. The van der Waals surface area contributed by atoms with Gasteiger partial charge in [0, 0.05) is 0 Å². The highest BCUT2D eigenvalue weighted by Crippen LogP contribution is 2.53. The van der Waals surface area contributed by atoms with Crippen molar-refractivity contribution in [1.82, 2.24) is 0 Å². The van der Waals surface area contributed by atoms with Gasteiger partial charge in [0.05, 0.1) is 11.1 Å². The number of carbonyl (C=O) groups excluding carboxylic acids is 1. The maximum atomic E-state index is 12.9. The van der Waals surface area contributed by atoms with Crippen LogP contribution in [0.2, 0.25) is 0 Å². The molecule has 1 aliphatic heterocycles. The van der Waals surface area contributed by atoms with E-state index in [1.807, 2.05) is 26.0 Å². The lowest BCUT2D eigenvalue weighted by atomic mass is 9.77. The standard InChI is InChI=1S/C16H19NO3/c1-10-5-6-11(2)14-13(10)16(7-3-4-8-16)15(20)17(14)9-12(18)19/h5-6H,3-4,7-9H2,1-2H3,(H,18,19). The van der Waals surface area contributed by atoms with Crippen molar-refractivity contribution < 1.29 is 14.7 Å². The number of amides is 1. The molecule has 1 aliphatic carbocycles. The minimum atomic E-state index is -0.958. The molecule has 0 bridgehead atoms. The summed E-state index contributed by atoms with van der Waals surface area (Å²) in [5.41, 5.74) is 3.57. The van der Waals surface area contributed by atoms with E-state index in [0.29, 0.717) is 0 Å². The van der Waals surface area contributed by atoms with Crippen molar-refractivity contribution >= 4 is 17.6 Å². The number of carboxylic acids is 1. The van der Waals surface area contributed by atoms with Crippen molar-refractivity contribution in [2.75, 3.05) is 11.4 Å². The van der Waals surface area contributed by atoms with Crippen LogP contribution >= 0.6 is 0 Å². The fraction of sp³-hybridized carbons (Fsp3) is 0.500. The summed E-state index contributed by atoms with van der Waals surface area (Å²) in [5.74, 6) is -0.968. The van der Waals surface area contributed by atoms with Crippen LogP contribution in [0.4, 0.5) is 5.69 Å². The Hall–Kier alpha value is -1.84. The zero-order valence-corrected chi connectivity index (χ0v) is 11.9.